The van der Waals surface area contributed by atoms with Crippen LogP contribution in [0.25, 0.3) is 0 Å². The van der Waals surface area contributed by atoms with E-state index in [0.717, 1.165) is 17.0 Å². The summed E-state index contributed by atoms with van der Waals surface area (Å²) >= 11 is 0. The second-order valence-electron chi connectivity index (χ2n) is 5.57. The van der Waals surface area contributed by atoms with Gasteiger partial charge < -0.3 is 20.8 Å². The van der Waals surface area contributed by atoms with Gasteiger partial charge in [0.2, 0.25) is 0 Å². The van der Waals surface area contributed by atoms with Crippen LogP contribution in [0.15, 0.2) is 0 Å². The standard InChI is InChI=1S/C15H26N4O4/c1-11-13(10-15(22)23)12(2)19(17-11)9-8-18(7-5-16)6-3-4-14(20)21/h3-10,16H2,1-2H3,(H,20,21)(H,22,23). The van der Waals surface area contributed by atoms with Crippen LogP contribution in [0.3, 0.4) is 0 Å². The minimum absolute atomic E-state index is 0.0250. The SMILES string of the molecule is Cc1nn(CCN(CCN)CCCC(=O)O)c(C)c1CC(=O)O. The van der Waals surface area contributed by atoms with E-state index in [-0.39, 0.29) is 12.8 Å². The van der Waals surface area contributed by atoms with Crippen molar-refractivity contribution in [1.29, 1.82) is 0 Å². The topological polar surface area (TPSA) is 122 Å². The molecule has 130 valence electrons. The van der Waals surface area contributed by atoms with Crippen LogP contribution in [0.5, 0.6) is 0 Å². The van der Waals surface area contributed by atoms with Crippen molar-refractivity contribution in [3.8, 4) is 0 Å². The van der Waals surface area contributed by atoms with Crippen molar-refractivity contribution in [2.45, 2.75) is 39.7 Å². The van der Waals surface area contributed by atoms with Gasteiger partial charge in [0.05, 0.1) is 18.7 Å². The van der Waals surface area contributed by atoms with Crippen molar-refractivity contribution in [3.63, 3.8) is 0 Å². The molecule has 0 unspecified atom stereocenters. The molecule has 0 aliphatic rings. The van der Waals surface area contributed by atoms with Crippen molar-refractivity contribution in [1.82, 2.24) is 14.7 Å². The first-order valence-electron chi connectivity index (χ1n) is 7.74. The van der Waals surface area contributed by atoms with Crippen LogP contribution in [0, 0.1) is 13.8 Å². The number of carboxylic acid groups (broad SMARTS) is 2. The number of aromatic nitrogens is 2. The molecule has 0 aromatic carbocycles. The van der Waals surface area contributed by atoms with Gasteiger partial charge in [0.1, 0.15) is 0 Å². The first-order chi connectivity index (χ1) is 10.8. The summed E-state index contributed by atoms with van der Waals surface area (Å²) in [5, 5.41) is 22.1. The Morgan fingerprint density at radius 3 is 2.43 bits per heavy atom. The van der Waals surface area contributed by atoms with E-state index >= 15 is 0 Å². The van der Waals surface area contributed by atoms with Crippen LogP contribution >= 0.6 is 0 Å². The van der Waals surface area contributed by atoms with Gasteiger partial charge in [-0.25, -0.2) is 0 Å². The van der Waals surface area contributed by atoms with Gasteiger partial charge in [-0.05, 0) is 26.8 Å². The lowest BCUT2D eigenvalue weighted by Crippen LogP contribution is -2.33. The third-order valence-electron chi connectivity index (χ3n) is 3.80. The van der Waals surface area contributed by atoms with E-state index in [0.29, 0.717) is 39.1 Å². The van der Waals surface area contributed by atoms with Crippen molar-refractivity contribution in [2.24, 2.45) is 5.73 Å². The van der Waals surface area contributed by atoms with E-state index in [9.17, 15) is 9.59 Å². The molecule has 0 radical (unpaired) electrons. The van der Waals surface area contributed by atoms with E-state index in [1.165, 1.54) is 0 Å². The fourth-order valence-corrected chi connectivity index (χ4v) is 2.57. The average Bonchev–Trinajstić information content (AvgIpc) is 2.71. The molecule has 1 heterocycles. The summed E-state index contributed by atoms with van der Waals surface area (Å²) in [6, 6.07) is 0. The predicted molar refractivity (Wildman–Crippen MR) is 85.4 cm³/mol. The Balaban J connectivity index is 2.63. The highest BCUT2D eigenvalue weighted by atomic mass is 16.4. The molecule has 0 amide bonds. The highest BCUT2D eigenvalue weighted by Crippen LogP contribution is 2.14. The average molecular weight is 326 g/mol. The van der Waals surface area contributed by atoms with Gasteiger partial charge in [0, 0.05) is 37.3 Å². The van der Waals surface area contributed by atoms with Crippen molar-refractivity contribution < 1.29 is 19.8 Å². The fourth-order valence-electron chi connectivity index (χ4n) is 2.57. The third kappa shape index (κ3) is 6.37. The number of carbonyl (C=O) groups is 2. The van der Waals surface area contributed by atoms with Gasteiger partial charge in [-0.2, -0.15) is 5.10 Å². The number of carboxylic acids is 2. The lowest BCUT2D eigenvalue weighted by Gasteiger charge is -2.21. The Hall–Kier alpha value is -1.93. The van der Waals surface area contributed by atoms with E-state index in [1.807, 2.05) is 18.5 Å². The van der Waals surface area contributed by atoms with Gasteiger partial charge in [-0.15, -0.1) is 0 Å². The van der Waals surface area contributed by atoms with Crippen LogP contribution in [-0.4, -0.2) is 63.0 Å². The smallest absolute Gasteiger partial charge is 0.307 e. The summed E-state index contributed by atoms with van der Waals surface area (Å²) in [4.78, 5) is 23.6. The third-order valence-corrected chi connectivity index (χ3v) is 3.80. The lowest BCUT2D eigenvalue weighted by atomic mass is 10.1. The van der Waals surface area contributed by atoms with E-state index in [1.54, 1.807) is 0 Å². The Morgan fingerprint density at radius 2 is 1.87 bits per heavy atom. The van der Waals surface area contributed by atoms with Crippen molar-refractivity contribution in [3.05, 3.63) is 17.0 Å². The van der Waals surface area contributed by atoms with Gasteiger partial charge >= 0.3 is 11.9 Å². The highest BCUT2D eigenvalue weighted by molar-refractivity contribution is 5.70. The molecule has 0 atom stereocenters. The van der Waals surface area contributed by atoms with E-state index in [4.69, 9.17) is 15.9 Å². The number of hydrogen-bond donors (Lipinski definition) is 3. The Kier molecular flexibility index (Phi) is 7.70. The second-order valence-corrected chi connectivity index (χ2v) is 5.57. The normalized spacial score (nSPS) is 11.1. The molecule has 0 aliphatic carbocycles. The number of nitrogens with two attached hydrogens (primary N) is 1. The Labute approximate surface area is 135 Å². The summed E-state index contributed by atoms with van der Waals surface area (Å²) in [5.74, 6) is -1.66. The zero-order valence-electron chi connectivity index (χ0n) is 13.8. The van der Waals surface area contributed by atoms with Gasteiger partial charge in [0.25, 0.3) is 0 Å². The molecule has 0 saturated heterocycles. The summed E-state index contributed by atoms with van der Waals surface area (Å²) < 4.78 is 1.81. The van der Waals surface area contributed by atoms with Gasteiger partial charge in [-0.3, -0.25) is 14.3 Å². The quantitative estimate of drug-likeness (QED) is 0.533. The monoisotopic (exact) mass is 326 g/mol. The number of hydrogen-bond acceptors (Lipinski definition) is 5. The number of rotatable bonds is 11. The number of nitrogens with zero attached hydrogens (tertiary/aromatic N) is 3. The van der Waals surface area contributed by atoms with E-state index < -0.39 is 11.9 Å². The molecule has 0 bridgehead atoms. The first kappa shape index (κ1) is 19.1. The molecular weight excluding hydrogens is 300 g/mol. The molecular formula is C15H26N4O4. The minimum Gasteiger partial charge on any atom is -0.481 e. The Morgan fingerprint density at radius 1 is 1.17 bits per heavy atom. The lowest BCUT2D eigenvalue weighted by molar-refractivity contribution is -0.137. The maximum absolute atomic E-state index is 10.9. The van der Waals surface area contributed by atoms with Crippen molar-refractivity contribution in [2.75, 3.05) is 26.2 Å². The van der Waals surface area contributed by atoms with Gasteiger partial charge in [-0.1, -0.05) is 0 Å². The molecule has 23 heavy (non-hydrogen) atoms. The zero-order valence-corrected chi connectivity index (χ0v) is 13.8. The van der Waals surface area contributed by atoms with Crippen LogP contribution in [-0.2, 0) is 22.6 Å². The summed E-state index contributed by atoms with van der Waals surface area (Å²) in [7, 11) is 0. The maximum Gasteiger partial charge on any atom is 0.307 e. The zero-order chi connectivity index (χ0) is 17.4. The molecule has 0 saturated carbocycles. The first-order valence-corrected chi connectivity index (χ1v) is 7.74. The fraction of sp³-hybridized carbons (Fsp3) is 0.667. The summed E-state index contributed by atoms with van der Waals surface area (Å²) in [5.41, 5.74) is 7.96. The van der Waals surface area contributed by atoms with Crippen LogP contribution in [0.1, 0.15) is 29.8 Å². The molecule has 0 fully saturated rings. The number of aliphatic carboxylic acids is 2. The molecule has 0 aliphatic heterocycles. The van der Waals surface area contributed by atoms with Crippen LogP contribution in [0.4, 0.5) is 0 Å². The Bertz CT molecular complexity index is 542. The van der Waals surface area contributed by atoms with E-state index in [2.05, 4.69) is 10.00 Å². The minimum atomic E-state index is -0.867. The van der Waals surface area contributed by atoms with Crippen LogP contribution < -0.4 is 5.73 Å². The van der Waals surface area contributed by atoms with Gasteiger partial charge in [0.15, 0.2) is 0 Å². The summed E-state index contributed by atoms with van der Waals surface area (Å²) in [6.07, 6.45) is 0.698. The molecule has 1 aromatic rings. The predicted octanol–water partition coefficient (Wildman–Crippen LogP) is 0.253. The largest absolute Gasteiger partial charge is 0.481 e. The molecule has 1 aromatic heterocycles. The molecule has 1 rings (SSSR count). The second kappa shape index (κ2) is 9.26. The molecule has 0 spiro atoms. The highest BCUT2D eigenvalue weighted by Gasteiger charge is 2.15. The maximum atomic E-state index is 10.9. The van der Waals surface area contributed by atoms with Crippen LogP contribution in [0.2, 0.25) is 0 Å². The molecule has 8 nitrogen and oxygen atoms in total. The molecule has 4 N–H and O–H groups in total. The molecule has 8 heteroatoms. The number of aryl methyl sites for hydroxylation is 1. The van der Waals surface area contributed by atoms with Crippen molar-refractivity contribution >= 4 is 11.9 Å². The summed E-state index contributed by atoms with van der Waals surface area (Å²) in [6.45, 7) is 6.88.